The molecule has 1 aromatic heterocycles. The zero-order valence-corrected chi connectivity index (χ0v) is 20.7. The maximum atomic E-state index is 12.0. The number of nitrogens with zero attached hydrogens (tertiary/aromatic N) is 3. The summed E-state index contributed by atoms with van der Waals surface area (Å²) in [5, 5.41) is 22.6. The molecule has 1 aliphatic heterocycles. The molecule has 0 aliphatic carbocycles. The lowest BCUT2D eigenvalue weighted by atomic mass is 10.1. The van der Waals surface area contributed by atoms with Crippen LogP contribution in [-0.4, -0.2) is 64.2 Å². The smallest absolute Gasteiger partial charge is 0.303 e. The first kappa shape index (κ1) is 26.8. The molecule has 1 fully saturated rings. The molecule has 13 heteroatoms. The molecule has 0 radical (unpaired) electrons. The third-order valence-corrected chi connectivity index (χ3v) is 5.32. The Balaban J connectivity index is 2.10. The Morgan fingerprint density at radius 2 is 1.83 bits per heavy atom. The highest BCUT2D eigenvalue weighted by Crippen LogP contribution is 2.45. The molecule has 1 aliphatic rings. The van der Waals surface area contributed by atoms with Gasteiger partial charge in [0.2, 0.25) is 11.0 Å². The maximum Gasteiger partial charge on any atom is 0.303 e. The molecular formula is C23H26N4O8S. The molecule has 192 valence electrons. The summed E-state index contributed by atoms with van der Waals surface area (Å²) in [6.07, 6.45) is -2.87. The number of fused-ring (bicyclic) bond motifs is 1. The Morgan fingerprint density at radius 1 is 1.17 bits per heavy atom. The molecule has 0 amide bonds. The van der Waals surface area contributed by atoms with Gasteiger partial charge in [0, 0.05) is 32.7 Å². The number of hydrogen-bond acceptors (Lipinski definition) is 10. The van der Waals surface area contributed by atoms with Crippen molar-refractivity contribution in [1.29, 1.82) is 0 Å². The van der Waals surface area contributed by atoms with Crippen molar-refractivity contribution in [2.75, 3.05) is 13.2 Å². The van der Waals surface area contributed by atoms with Crippen LogP contribution < -0.4 is 5.32 Å². The molecule has 4 atom stereocenters. The van der Waals surface area contributed by atoms with E-state index in [1.165, 1.54) is 25.3 Å². The van der Waals surface area contributed by atoms with E-state index in [4.69, 9.17) is 31.2 Å². The number of rotatable bonds is 8. The number of para-hydroxylation sites is 1. The summed E-state index contributed by atoms with van der Waals surface area (Å²) in [6.45, 7) is 7.28. The third kappa shape index (κ3) is 6.04. The predicted molar refractivity (Wildman–Crippen MR) is 131 cm³/mol. The summed E-state index contributed by atoms with van der Waals surface area (Å²) in [5.41, 5.74) is 0.553. The van der Waals surface area contributed by atoms with Gasteiger partial charge in [-0.25, -0.2) is 0 Å². The average Bonchev–Trinajstić information content (AvgIpc) is 3.27. The van der Waals surface area contributed by atoms with Gasteiger partial charge in [0.15, 0.2) is 24.1 Å². The van der Waals surface area contributed by atoms with Crippen LogP contribution in [0.3, 0.4) is 0 Å². The highest BCUT2D eigenvalue weighted by molar-refractivity contribution is 7.80. The summed E-state index contributed by atoms with van der Waals surface area (Å²) >= 11 is 5.11. The first-order valence-corrected chi connectivity index (χ1v) is 11.3. The lowest BCUT2D eigenvalue weighted by molar-refractivity contribution is -0.166. The average molecular weight is 519 g/mol. The summed E-state index contributed by atoms with van der Waals surface area (Å²) < 4.78 is 23.3. The van der Waals surface area contributed by atoms with Crippen LogP contribution >= 0.6 is 12.2 Å². The summed E-state index contributed by atoms with van der Waals surface area (Å²) in [5.74, 6) is -2.27. The molecule has 1 aromatic carbocycles. The predicted octanol–water partition coefficient (Wildman–Crippen LogP) is 2.82. The standard InChI is InChI=1S/C23H26N4O8S/c1-5-10-24-23(36)26-25-18-15-8-6-7-9-16(15)27(21(18)31)22-20(34-14(4)30)19(33-13(3)29)17(35-22)11-32-12(2)28/h5-9,17,19-20,22,31H,1,10-11H2,2-4H3,(H,24,36)/t17-,19-,20-,22-/m1/s1. The van der Waals surface area contributed by atoms with Crippen LogP contribution in [0, 0.1) is 0 Å². The molecule has 2 N–H and O–H groups in total. The van der Waals surface area contributed by atoms with Gasteiger partial charge in [-0.1, -0.05) is 24.3 Å². The summed E-state index contributed by atoms with van der Waals surface area (Å²) in [7, 11) is 0. The van der Waals surface area contributed by atoms with Gasteiger partial charge >= 0.3 is 17.9 Å². The van der Waals surface area contributed by atoms with Crippen molar-refractivity contribution in [3.8, 4) is 5.88 Å². The van der Waals surface area contributed by atoms with Crippen LogP contribution in [0.1, 0.15) is 27.0 Å². The molecular weight excluding hydrogens is 492 g/mol. The quantitative estimate of drug-likeness (QED) is 0.176. The number of esters is 3. The minimum Gasteiger partial charge on any atom is -0.493 e. The first-order valence-electron chi connectivity index (χ1n) is 10.9. The molecule has 1 saturated heterocycles. The van der Waals surface area contributed by atoms with Gasteiger partial charge in [-0.2, -0.15) is 0 Å². The van der Waals surface area contributed by atoms with Gasteiger partial charge in [-0.3, -0.25) is 19.0 Å². The van der Waals surface area contributed by atoms with Crippen molar-refractivity contribution >= 4 is 51.8 Å². The fourth-order valence-electron chi connectivity index (χ4n) is 3.78. The number of aromatic hydroxyl groups is 1. The molecule has 3 rings (SSSR count). The number of azo groups is 1. The van der Waals surface area contributed by atoms with Crippen LogP contribution in [0.25, 0.3) is 10.9 Å². The number of hydrogen-bond donors (Lipinski definition) is 2. The van der Waals surface area contributed by atoms with Gasteiger partial charge in [0.05, 0.1) is 5.52 Å². The van der Waals surface area contributed by atoms with E-state index in [2.05, 4.69) is 22.1 Å². The van der Waals surface area contributed by atoms with E-state index >= 15 is 0 Å². The van der Waals surface area contributed by atoms with Gasteiger partial charge in [0.25, 0.3) is 0 Å². The zero-order valence-electron chi connectivity index (χ0n) is 19.9. The van der Waals surface area contributed by atoms with E-state index in [1.54, 1.807) is 30.3 Å². The van der Waals surface area contributed by atoms with Gasteiger partial charge in [-0.15, -0.1) is 16.8 Å². The number of carbonyl (C=O) groups is 3. The number of aromatic nitrogens is 1. The van der Waals surface area contributed by atoms with Crippen molar-refractivity contribution in [1.82, 2.24) is 9.88 Å². The first-order chi connectivity index (χ1) is 17.1. The summed E-state index contributed by atoms with van der Waals surface area (Å²) in [4.78, 5) is 35.2. The van der Waals surface area contributed by atoms with Crippen LogP contribution in [0.15, 0.2) is 47.1 Å². The van der Waals surface area contributed by atoms with Crippen molar-refractivity contribution in [2.24, 2.45) is 10.2 Å². The molecule has 0 unspecified atom stereocenters. The third-order valence-electron chi connectivity index (χ3n) is 5.09. The lowest BCUT2D eigenvalue weighted by Gasteiger charge is -2.24. The van der Waals surface area contributed by atoms with Crippen molar-refractivity contribution < 1.29 is 38.4 Å². The van der Waals surface area contributed by atoms with E-state index in [1.807, 2.05) is 0 Å². The number of thiocarbonyl (C=S) groups is 1. The number of nitrogens with one attached hydrogen (secondary N) is 1. The van der Waals surface area contributed by atoms with Crippen LogP contribution in [0.2, 0.25) is 0 Å². The Kier molecular flexibility index (Phi) is 8.72. The molecule has 0 spiro atoms. The molecule has 0 saturated carbocycles. The fourth-order valence-corrected chi connectivity index (χ4v) is 3.90. The van der Waals surface area contributed by atoms with Crippen LogP contribution in [-0.2, 0) is 33.3 Å². The Hall–Kier alpha value is -3.84. The Labute approximate surface area is 211 Å². The second-order valence-corrected chi connectivity index (χ2v) is 8.14. The van der Waals surface area contributed by atoms with Crippen molar-refractivity contribution in [3.05, 3.63) is 36.9 Å². The van der Waals surface area contributed by atoms with E-state index in [9.17, 15) is 19.5 Å². The largest absolute Gasteiger partial charge is 0.493 e. The van der Waals surface area contributed by atoms with E-state index < -0.39 is 42.4 Å². The highest BCUT2D eigenvalue weighted by Gasteiger charge is 2.51. The normalized spacial score (nSPS) is 21.3. The molecule has 0 bridgehead atoms. The maximum absolute atomic E-state index is 12.0. The van der Waals surface area contributed by atoms with Crippen LogP contribution in [0.5, 0.6) is 5.88 Å². The monoisotopic (exact) mass is 518 g/mol. The molecule has 36 heavy (non-hydrogen) atoms. The van der Waals surface area contributed by atoms with E-state index in [-0.39, 0.29) is 23.3 Å². The van der Waals surface area contributed by atoms with Gasteiger partial charge < -0.3 is 29.4 Å². The molecule has 12 nitrogen and oxygen atoms in total. The molecule has 2 heterocycles. The Bertz CT molecular complexity index is 1210. The topological polar surface area (TPSA) is 150 Å². The van der Waals surface area contributed by atoms with Crippen molar-refractivity contribution in [2.45, 2.75) is 45.3 Å². The Morgan fingerprint density at radius 3 is 2.47 bits per heavy atom. The zero-order chi connectivity index (χ0) is 26.4. The minimum absolute atomic E-state index is 0.0809. The van der Waals surface area contributed by atoms with Gasteiger partial charge in [-0.05, 0) is 18.3 Å². The van der Waals surface area contributed by atoms with Gasteiger partial charge in [0.1, 0.15) is 12.7 Å². The van der Waals surface area contributed by atoms with E-state index in [0.717, 1.165) is 0 Å². The second-order valence-electron chi connectivity index (χ2n) is 7.75. The van der Waals surface area contributed by atoms with E-state index in [0.29, 0.717) is 17.4 Å². The lowest BCUT2D eigenvalue weighted by Crippen LogP contribution is -2.40. The summed E-state index contributed by atoms with van der Waals surface area (Å²) in [6, 6.07) is 6.86. The number of ether oxygens (including phenoxy) is 4. The number of benzene rings is 1. The van der Waals surface area contributed by atoms with Crippen molar-refractivity contribution in [3.63, 3.8) is 0 Å². The van der Waals surface area contributed by atoms with Crippen LogP contribution in [0.4, 0.5) is 5.69 Å². The second kappa shape index (κ2) is 11.7. The molecule has 2 aromatic rings. The minimum atomic E-state index is -1.19. The number of carbonyl (C=O) groups excluding carboxylic acids is 3. The highest BCUT2D eigenvalue weighted by atomic mass is 32.1. The SMILES string of the molecule is C=CCNC(=S)N=Nc1c(O)n([C@@H]2O[C@H](COC(C)=O)[C@@H](OC(C)=O)[C@H]2OC(C)=O)c2ccccc12. The fraction of sp³-hybridized carbons (Fsp3) is 0.391.